The molecule has 0 radical (unpaired) electrons. The van der Waals surface area contributed by atoms with Gasteiger partial charge in [0.15, 0.2) is 11.4 Å². The van der Waals surface area contributed by atoms with Crippen molar-refractivity contribution < 1.29 is 24.5 Å². The molecule has 156 valence electrons. The zero-order chi connectivity index (χ0) is 20.6. The fourth-order valence-electron chi connectivity index (χ4n) is 3.10. The monoisotopic (exact) mass is 384 g/mol. The van der Waals surface area contributed by atoms with Crippen LogP contribution in [0, 0.1) is 5.92 Å². The van der Waals surface area contributed by atoms with Crippen molar-refractivity contribution in [2.24, 2.45) is 11.7 Å². The lowest BCUT2D eigenvalue weighted by molar-refractivity contribution is -0.144. The number of epoxide rings is 1. The summed E-state index contributed by atoms with van der Waals surface area (Å²) in [6.07, 6.45) is 4.11. The van der Waals surface area contributed by atoms with Crippen LogP contribution in [0.4, 0.5) is 0 Å². The number of nitrogens with zero attached hydrogens (tertiary/aromatic N) is 1. The topological polar surface area (TPSA) is 116 Å². The van der Waals surface area contributed by atoms with Gasteiger partial charge in [-0.3, -0.25) is 9.59 Å². The van der Waals surface area contributed by atoms with Crippen molar-refractivity contribution >= 4 is 11.7 Å². The molecule has 0 spiro atoms. The molecule has 27 heavy (non-hydrogen) atoms. The van der Waals surface area contributed by atoms with Crippen molar-refractivity contribution in [1.29, 1.82) is 0 Å². The Labute approximate surface area is 162 Å². The Morgan fingerprint density at radius 1 is 1.26 bits per heavy atom. The van der Waals surface area contributed by atoms with Crippen LogP contribution in [0.2, 0.25) is 0 Å². The van der Waals surface area contributed by atoms with E-state index in [9.17, 15) is 19.8 Å². The number of carbonyl (C=O) groups is 2. The zero-order valence-electron chi connectivity index (χ0n) is 16.9. The molecule has 4 N–H and O–H groups in total. The fraction of sp³-hybridized carbons (Fsp3) is 0.800. The quantitative estimate of drug-likeness (QED) is 0.234. The maximum Gasteiger partial charge on any atom is 0.242 e. The zero-order valence-corrected chi connectivity index (χ0v) is 16.9. The lowest BCUT2D eigenvalue weighted by Gasteiger charge is -2.34. The predicted octanol–water partition coefficient (Wildman–Crippen LogP) is 1.02. The van der Waals surface area contributed by atoms with Gasteiger partial charge in [0.05, 0.1) is 25.9 Å². The minimum absolute atomic E-state index is 0.150. The average Bonchev–Trinajstić information content (AvgIpc) is 3.42. The normalized spacial score (nSPS) is 21.0. The number of hydrogen-bond donors (Lipinski definition) is 3. The van der Waals surface area contributed by atoms with E-state index in [4.69, 9.17) is 10.5 Å². The van der Waals surface area contributed by atoms with E-state index >= 15 is 0 Å². The lowest BCUT2D eigenvalue weighted by Crippen LogP contribution is -2.56. The van der Waals surface area contributed by atoms with Crippen LogP contribution in [0.15, 0.2) is 12.2 Å². The molecule has 1 saturated heterocycles. The van der Waals surface area contributed by atoms with Crippen LogP contribution in [0.25, 0.3) is 0 Å². The molecule has 0 bridgehead atoms. The summed E-state index contributed by atoms with van der Waals surface area (Å²) in [5.41, 5.74) is 5.28. The van der Waals surface area contributed by atoms with Gasteiger partial charge in [0.1, 0.15) is 6.04 Å². The molecule has 1 rings (SSSR count). The molecule has 0 aromatic carbocycles. The Hall–Kier alpha value is -1.28. The highest BCUT2D eigenvalue weighted by Gasteiger charge is 2.55. The summed E-state index contributed by atoms with van der Waals surface area (Å²) < 4.78 is 5.21. The molecule has 1 amide bonds. The van der Waals surface area contributed by atoms with Crippen LogP contribution in [0.1, 0.15) is 52.9 Å². The summed E-state index contributed by atoms with van der Waals surface area (Å²) in [6, 6.07) is -1.88. The van der Waals surface area contributed by atoms with Crippen LogP contribution in [-0.2, 0) is 14.3 Å². The molecule has 0 saturated carbocycles. The Bertz CT molecular complexity index is 517. The smallest absolute Gasteiger partial charge is 0.242 e. The number of amides is 1. The van der Waals surface area contributed by atoms with E-state index in [1.807, 2.05) is 0 Å². The highest BCUT2D eigenvalue weighted by Crippen LogP contribution is 2.32. The SMILES string of the molecule is C=C(C)CC(C(=O)C1(CO)CO1)N(CCCCCC(C)C)C(=O)[C@@H](N)CO. The van der Waals surface area contributed by atoms with Crippen LogP contribution < -0.4 is 5.73 Å². The van der Waals surface area contributed by atoms with Gasteiger partial charge in [0, 0.05) is 6.54 Å². The summed E-state index contributed by atoms with van der Waals surface area (Å²) >= 11 is 0. The van der Waals surface area contributed by atoms with Crippen molar-refractivity contribution in [2.75, 3.05) is 26.4 Å². The third kappa shape index (κ3) is 6.99. The first-order valence-corrected chi connectivity index (χ1v) is 9.79. The van der Waals surface area contributed by atoms with Gasteiger partial charge in [-0.05, 0) is 25.7 Å². The summed E-state index contributed by atoms with van der Waals surface area (Å²) in [7, 11) is 0. The number of rotatable bonds is 14. The Kier molecular flexibility index (Phi) is 9.59. The number of aliphatic hydroxyl groups excluding tert-OH is 2. The van der Waals surface area contributed by atoms with Crippen molar-refractivity contribution in [3.63, 3.8) is 0 Å². The van der Waals surface area contributed by atoms with Crippen molar-refractivity contribution in [3.8, 4) is 0 Å². The second-order valence-corrected chi connectivity index (χ2v) is 8.05. The average molecular weight is 385 g/mol. The number of ether oxygens (including phenoxy) is 1. The number of nitrogens with two attached hydrogens (primary N) is 1. The number of aliphatic hydroxyl groups is 2. The largest absolute Gasteiger partial charge is 0.394 e. The van der Waals surface area contributed by atoms with Crippen molar-refractivity contribution in [2.45, 2.75) is 70.6 Å². The summed E-state index contributed by atoms with van der Waals surface area (Å²) in [6.45, 7) is 9.61. The van der Waals surface area contributed by atoms with E-state index in [-0.39, 0.29) is 18.8 Å². The van der Waals surface area contributed by atoms with Crippen LogP contribution >= 0.6 is 0 Å². The van der Waals surface area contributed by atoms with Crippen LogP contribution in [-0.4, -0.2) is 70.9 Å². The summed E-state index contributed by atoms with van der Waals surface area (Å²) in [5.74, 6) is -0.164. The number of carbonyl (C=O) groups excluding carboxylic acids is 2. The lowest BCUT2D eigenvalue weighted by atomic mass is 9.92. The molecule has 1 heterocycles. The second-order valence-electron chi connectivity index (χ2n) is 8.05. The standard InChI is InChI=1S/C20H36N2O5/c1-14(2)8-6-5-7-9-22(19(26)16(21)11-23)17(10-15(3)4)18(25)20(12-24)13-27-20/h14,16-17,23-24H,3,5-13,21H2,1-2,4H3/t16-,17?,20?/m0/s1. The van der Waals surface area contributed by atoms with E-state index in [1.54, 1.807) is 6.92 Å². The first-order chi connectivity index (χ1) is 12.7. The Morgan fingerprint density at radius 2 is 1.89 bits per heavy atom. The van der Waals surface area contributed by atoms with Crippen molar-refractivity contribution in [3.05, 3.63) is 12.2 Å². The Morgan fingerprint density at radius 3 is 2.33 bits per heavy atom. The highest BCUT2D eigenvalue weighted by molar-refractivity contribution is 5.97. The molecule has 7 nitrogen and oxygen atoms in total. The molecule has 1 aliphatic rings. The molecular weight excluding hydrogens is 348 g/mol. The van der Waals surface area contributed by atoms with Gasteiger partial charge in [-0.1, -0.05) is 38.7 Å². The molecule has 7 heteroatoms. The molecule has 0 aromatic rings. The van der Waals surface area contributed by atoms with Crippen LogP contribution in [0.3, 0.4) is 0 Å². The molecule has 0 aliphatic carbocycles. The molecule has 1 aliphatic heterocycles. The van der Waals surface area contributed by atoms with E-state index < -0.39 is 36.8 Å². The number of Topliss-reactive ketones (excluding diaryl/α,β-unsaturated/α-hetero) is 1. The van der Waals surface area contributed by atoms with E-state index in [2.05, 4.69) is 20.4 Å². The second kappa shape index (κ2) is 10.9. The van der Waals surface area contributed by atoms with Crippen molar-refractivity contribution in [1.82, 2.24) is 4.90 Å². The van der Waals surface area contributed by atoms with Gasteiger partial charge in [0.2, 0.25) is 5.91 Å². The molecule has 1 fully saturated rings. The first-order valence-electron chi connectivity index (χ1n) is 9.79. The molecule has 0 aromatic heterocycles. The van der Waals surface area contributed by atoms with E-state index in [1.165, 1.54) is 4.90 Å². The maximum atomic E-state index is 13.0. The predicted molar refractivity (Wildman–Crippen MR) is 104 cm³/mol. The fourth-order valence-corrected chi connectivity index (χ4v) is 3.10. The maximum absolute atomic E-state index is 13.0. The van der Waals surface area contributed by atoms with Gasteiger partial charge in [-0.2, -0.15) is 0 Å². The van der Waals surface area contributed by atoms with Gasteiger partial charge < -0.3 is 25.6 Å². The van der Waals surface area contributed by atoms with E-state index in [0.29, 0.717) is 12.5 Å². The third-order valence-electron chi connectivity index (χ3n) is 4.90. The first kappa shape index (κ1) is 23.8. The van der Waals surface area contributed by atoms with Gasteiger partial charge in [-0.25, -0.2) is 0 Å². The van der Waals surface area contributed by atoms with Gasteiger partial charge >= 0.3 is 0 Å². The highest BCUT2D eigenvalue weighted by atomic mass is 16.6. The number of unbranched alkanes of at least 4 members (excludes halogenated alkanes) is 2. The minimum atomic E-state index is -1.22. The summed E-state index contributed by atoms with van der Waals surface area (Å²) in [5, 5.41) is 18.9. The Balaban J connectivity index is 2.93. The molecule has 3 atom stereocenters. The third-order valence-corrected chi connectivity index (χ3v) is 4.90. The van der Waals surface area contributed by atoms with Gasteiger partial charge in [0.25, 0.3) is 0 Å². The molecular formula is C20H36N2O5. The van der Waals surface area contributed by atoms with E-state index in [0.717, 1.165) is 31.3 Å². The number of hydrogen-bond acceptors (Lipinski definition) is 6. The minimum Gasteiger partial charge on any atom is -0.394 e. The number of ketones is 1. The summed E-state index contributed by atoms with van der Waals surface area (Å²) in [4.78, 5) is 27.2. The van der Waals surface area contributed by atoms with Gasteiger partial charge in [-0.15, -0.1) is 6.58 Å². The molecule has 2 unspecified atom stereocenters. The van der Waals surface area contributed by atoms with Crippen LogP contribution in [0.5, 0.6) is 0 Å².